The van der Waals surface area contributed by atoms with Crippen LogP contribution < -0.4 is 10.9 Å². The van der Waals surface area contributed by atoms with Gasteiger partial charge in [0.1, 0.15) is 5.69 Å². The van der Waals surface area contributed by atoms with Crippen LogP contribution in [0.5, 0.6) is 0 Å². The van der Waals surface area contributed by atoms with Crippen LogP contribution in [0.2, 0.25) is 0 Å². The summed E-state index contributed by atoms with van der Waals surface area (Å²) in [6, 6.07) is 12.3. The smallest absolute Gasteiger partial charge is 0.358 e. The average molecular weight is 436 g/mol. The first-order chi connectivity index (χ1) is 15.4. The fourth-order valence-corrected chi connectivity index (χ4v) is 5.03. The number of aromatic amines is 1. The average Bonchev–Trinajstić information content (AvgIpc) is 3.33. The predicted molar refractivity (Wildman–Crippen MR) is 115 cm³/mol. The van der Waals surface area contributed by atoms with E-state index < -0.39 is 11.9 Å². The maximum Gasteiger partial charge on any atom is 0.433 e. The Labute approximate surface area is 180 Å². The van der Waals surface area contributed by atoms with Crippen molar-refractivity contribution in [1.29, 1.82) is 0 Å². The molecule has 4 aromatic rings. The highest BCUT2D eigenvalue weighted by Crippen LogP contribution is 2.40. The van der Waals surface area contributed by atoms with E-state index in [1.165, 1.54) is 39.8 Å². The first kappa shape index (κ1) is 19.3. The van der Waals surface area contributed by atoms with Crippen molar-refractivity contribution >= 4 is 10.9 Å². The molecule has 2 N–H and O–H groups in total. The lowest BCUT2D eigenvalue weighted by atomic mass is 9.99. The number of aromatic nitrogens is 3. The number of nitrogens with one attached hydrogen (secondary N) is 2. The van der Waals surface area contributed by atoms with Gasteiger partial charge in [-0.2, -0.15) is 13.2 Å². The topological polar surface area (TPSA) is 62.7 Å². The molecule has 2 unspecified atom stereocenters. The molecule has 3 aromatic heterocycles. The SMILES string of the molecule is O=c1cc(-c2ccc(C(F)(F)F)nc2)ccn1-c1ccc2c3c([nH]c2c1)CC1CCC3N1. The first-order valence-electron chi connectivity index (χ1n) is 10.5. The van der Waals surface area contributed by atoms with E-state index in [0.29, 0.717) is 23.2 Å². The van der Waals surface area contributed by atoms with E-state index in [1.807, 2.05) is 12.1 Å². The zero-order chi connectivity index (χ0) is 22.0. The number of halogens is 3. The zero-order valence-corrected chi connectivity index (χ0v) is 16.9. The Hall–Kier alpha value is -3.39. The molecule has 0 amide bonds. The van der Waals surface area contributed by atoms with Crippen molar-refractivity contribution in [1.82, 2.24) is 19.9 Å². The summed E-state index contributed by atoms with van der Waals surface area (Å²) in [6.45, 7) is 0. The largest absolute Gasteiger partial charge is 0.433 e. The second kappa shape index (κ2) is 6.80. The van der Waals surface area contributed by atoms with Crippen LogP contribution in [0.3, 0.4) is 0 Å². The van der Waals surface area contributed by atoms with Gasteiger partial charge in [0.25, 0.3) is 5.56 Å². The summed E-state index contributed by atoms with van der Waals surface area (Å²) in [5.41, 5.74) is 4.11. The van der Waals surface area contributed by atoms with Crippen LogP contribution in [-0.4, -0.2) is 20.6 Å². The molecule has 0 saturated carbocycles. The minimum absolute atomic E-state index is 0.265. The van der Waals surface area contributed by atoms with Gasteiger partial charge in [-0.15, -0.1) is 0 Å². The lowest BCUT2D eigenvalue weighted by molar-refractivity contribution is -0.141. The third-order valence-corrected chi connectivity index (χ3v) is 6.53. The summed E-state index contributed by atoms with van der Waals surface area (Å²) < 4.78 is 39.7. The Morgan fingerprint density at radius 2 is 1.91 bits per heavy atom. The molecule has 5 heterocycles. The highest BCUT2D eigenvalue weighted by molar-refractivity contribution is 5.87. The lowest BCUT2D eigenvalue weighted by Crippen LogP contribution is -2.31. The van der Waals surface area contributed by atoms with Crippen molar-refractivity contribution in [2.24, 2.45) is 0 Å². The first-order valence-corrected chi connectivity index (χ1v) is 10.5. The summed E-state index contributed by atoms with van der Waals surface area (Å²) in [6.07, 6.45) is 1.62. The number of hydrogen-bond acceptors (Lipinski definition) is 3. The molecule has 32 heavy (non-hydrogen) atoms. The highest BCUT2D eigenvalue weighted by Gasteiger charge is 2.34. The van der Waals surface area contributed by atoms with Crippen molar-refractivity contribution in [3.8, 4) is 16.8 Å². The Bertz CT molecular complexity index is 1400. The molecule has 1 aromatic carbocycles. The van der Waals surface area contributed by atoms with Gasteiger partial charge in [0.05, 0.1) is 5.69 Å². The molecule has 0 radical (unpaired) electrons. The molecule has 6 rings (SSSR count). The molecular weight excluding hydrogens is 417 g/mol. The summed E-state index contributed by atoms with van der Waals surface area (Å²) in [5.74, 6) is 0. The van der Waals surface area contributed by atoms with Crippen molar-refractivity contribution in [2.45, 2.75) is 37.5 Å². The number of H-pyrrole nitrogens is 1. The minimum Gasteiger partial charge on any atom is -0.358 e. The normalized spacial score (nSPS) is 20.0. The minimum atomic E-state index is -4.49. The van der Waals surface area contributed by atoms with Crippen LogP contribution in [0, 0.1) is 0 Å². The molecule has 2 aliphatic rings. The van der Waals surface area contributed by atoms with Crippen LogP contribution in [0.25, 0.3) is 27.7 Å². The molecular formula is C24H19F3N4O. The van der Waals surface area contributed by atoms with E-state index in [-0.39, 0.29) is 5.56 Å². The van der Waals surface area contributed by atoms with Crippen molar-refractivity contribution in [3.63, 3.8) is 0 Å². The Morgan fingerprint density at radius 1 is 1.03 bits per heavy atom. The maximum atomic E-state index is 12.8. The summed E-state index contributed by atoms with van der Waals surface area (Å²) in [7, 11) is 0. The van der Waals surface area contributed by atoms with E-state index in [4.69, 9.17) is 0 Å². The molecule has 1 saturated heterocycles. The van der Waals surface area contributed by atoms with Crippen molar-refractivity contribution in [2.75, 3.05) is 0 Å². The fourth-order valence-electron chi connectivity index (χ4n) is 5.03. The number of alkyl halides is 3. The van der Waals surface area contributed by atoms with Gasteiger partial charge in [-0.25, -0.2) is 0 Å². The second-order valence-electron chi connectivity index (χ2n) is 8.50. The molecule has 0 spiro atoms. The Kier molecular flexibility index (Phi) is 4.10. The summed E-state index contributed by atoms with van der Waals surface area (Å²) in [5, 5.41) is 4.85. The summed E-state index contributed by atoms with van der Waals surface area (Å²) in [4.78, 5) is 19.8. The van der Waals surface area contributed by atoms with E-state index >= 15 is 0 Å². The molecule has 2 bridgehead atoms. The van der Waals surface area contributed by atoms with Gasteiger partial charge in [0, 0.05) is 59.1 Å². The van der Waals surface area contributed by atoms with Gasteiger partial charge in [-0.3, -0.25) is 14.3 Å². The van der Waals surface area contributed by atoms with Crippen LogP contribution >= 0.6 is 0 Å². The third-order valence-electron chi connectivity index (χ3n) is 6.53. The summed E-state index contributed by atoms with van der Waals surface area (Å²) >= 11 is 0. The number of pyridine rings is 2. The number of hydrogen-bond donors (Lipinski definition) is 2. The van der Waals surface area contributed by atoms with Gasteiger partial charge in [0.2, 0.25) is 0 Å². The quantitative estimate of drug-likeness (QED) is 0.477. The lowest BCUT2D eigenvalue weighted by Gasteiger charge is -2.21. The molecule has 1 fully saturated rings. The van der Waals surface area contributed by atoms with Gasteiger partial charge >= 0.3 is 6.18 Å². The van der Waals surface area contributed by atoms with Crippen LogP contribution in [0.1, 0.15) is 35.8 Å². The third kappa shape index (κ3) is 3.05. The van der Waals surface area contributed by atoms with E-state index in [9.17, 15) is 18.0 Å². The van der Waals surface area contributed by atoms with Gasteiger partial charge < -0.3 is 10.3 Å². The molecule has 162 valence electrons. The van der Waals surface area contributed by atoms with Crippen LogP contribution in [0.15, 0.2) is 59.7 Å². The standard InChI is InChI=1S/C24H19F3N4O/c25-24(26,27)21-6-1-14(12-28-21)13-7-8-31(22(32)9-13)16-3-4-17-19(11-16)30-20-10-15-2-5-18(29-15)23(17)20/h1,3-4,6-9,11-12,15,18,29-30H,2,5,10H2. The molecule has 5 nitrogen and oxygen atoms in total. The molecule has 8 heteroatoms. The number of fused-ring (bicyclic) bond motifs is 6. The predicted octanol–water partition coefficient (Wildman–Crippen LogP) is 4.75. The van der Waals surface area contributed by atoms with Crippen molar-refractivity contribution in [3.05, 3.63) is 82.2 Å². The van der Waals surface area contributed by atoms with Gasteiger partial charge in [-0.05, 0) is 48.2 Å². The monoisotopic (exact) mass is 436 g/mol. The van der Waals surface area contributed by atoms with Crippen LogP contribution in [0.4, 0.5) is 13.2 Å². The fraction of sp³-hybridized carbons (Fsp3) is 0.250. The van der Waals surface area contributed by atoms with Gasteiger partial charge in [-0.1, -0.05) is 12.1 Å². The van der Waals surface area contributed by atoms with E-state index in [1.54, 1.807) is 12.3 Å². The van der Waals surface area contributed by atoms with Crippen molar-refractivity contribution < 1.29 is 13.2 Å². The molecule has 0 aliphatic carbocycles. The molecule has 2 aliphatic heterocycles. The zero-order valence-electron chi connectivity index (χ0n) is 16.9. The number of nitrogens with zero attached hydrogens (tertiary/aromatic N) is 2. The van der Waals surface area contributed by atoms with E-state index in [0.717, 1.165) is 36.3 Å². The second-order valence-corrected chi connectivity index (χ2v) is 8.50. The van der Waals surface area contributed by atoms with Crippen LogP contribution in [-0.2, 0) is 12.6 Å². The number of benzene rings is 1. The Balaban J connectivity index is 1.35. The molecule has 2 atom stereocenters. The maximum absolute atomic E-state index is 12.8. The highest BCUT2D eigenvalue weighted by atomic mass is 19.4. The Morgan fingerprint density at radius 3 is 2.66 bits per heavy atom. The van der Waals surface area contributed by atoms with E-state index in [2.05, 4.69) is 21.4 Å². The number of rotatable bonds is 2. The van der Waals surface area contributed by atoms with Gasteiger partial charge in [0.15, 0.2) is 0 Å².